The van der Waals surface area contributed by atoms with Gasteiger partial charge < -0.3 is 24.5 Å². The average molecular weight is 374 g/mol. The summed E-state index contributed by atoms with van der Waals surface area (Å²) in [5.74, 6) is 1.65. The molecule has 2 aromatic rings. The quantitative estimate of drug-likeness (QED) is 0.667. The molecule has 7 heteroatoms. The van der Waals surface area contributed by atoms with Crippen LogP contribution >= 0.6 is 0 Å². The van der Waals surface area contributed by atoms with Crippen molar-refractivity contribution >= 4 is 5.91 Å². The maximum atomic E-state index is 12.0. The molecule has 1 heterocycles. The standard InChI is InChI=1S/C20H26N2O5/c1-4-25-16-5-7-17(8-6-16)26-13-20(24)22-10-15-9-18(23)19(11-21-15)27-12-14(2)3/h5-9,11,14H,4,10,12-13H2,1-3H3,(H,21,23)(H,22,24). The van der Waals surface area contributed by atoms with E-state index in [2.05, 4.69) is 10.3 Å². The zero-order valence-corrected chi connectivity index (χ0v) is 15.9. The van der Waals surface area contributed by atoms with Gasteiger partial charge in [0.2, 0.25) is 5.43 Å². The molecule has 0 fully saturated rings. The van der Waals surface area contributed by atoms with E-state index in [4.69, 9.17) is 14.2 Å². The Morgan fingerprint density at radius 2 is 1.78 bits per heavy atom. The van der Waals surface area contributed by atoms with E-state index in [1.54, 1.807) is 24.3 Å². The molecule has 0 saturated carbocycles. The number of carbonyl (C=O) groups excluding carboxylic acids is 1. The van der Waals surface area contributed by atoms with Crippen LogP contribution in [0.15, 0.2) is 41.3 Å². The zero-order valence-electron chi connectivity index (χ0n) is 15.9. The van der Waals surface area contributed by atoms with Gasteiger partial charge in [0.05, 0.1) is 19.8 Å². The van der Waals surface area contributed by atoms with Crippen LogP contribution in [0.3, 0.4) is 0 Å². The Balaban J connectivity index is 1.78. The highest BCUT2D eigenvalue weighted by Crippen LogP contribution is 2.17. The van der Waals surface area contributed by atoms with Gasteiger partial charge in [-0.2, -0.15) is 0 Å². The molecular weight excluding hydrogens is 348 g/mol. The molecule has 1 aromatic heterocycles. The minimum atomic E-state index is -0.287. The van der Waals surface area contributed by atoms with Gasteiger partial charge >= 0.3 is 0 Å². The van der Waals surface area contributed by atoms with E-state index in [0.29, 0.717) is 30.6 Å². The lowest BCUT2D eigenvalue weighted by atomic mass is 10.2. The number of amides is 1. The monoisotopic (exact) mass is 374 g/mol. The Morgan fingerprint density at radius 3 is 2.37 bits per heavy atom. The van der Waals surface area contributed by atoms with Gasteiger partial charge in [-0.3, -0.25) is 9.59 Å². The van der Waals surface area contributed by atoms with E-state index < -0.39 is 0 Å². The lowest BCUT2D eigenvalue weighted by molar-refractivity contribution is -0.123. The third kappa shape index (κ3) is 7.05. The lowest BCUT2D eigenvalue weighted by Gasteiger charge is -2.10. The minimum absolute atomic E-state index is 0.117. The van der Waals surface area contributed by atoms with Crippen molar-refractivity contribution in [3.8, 4) is 17.2 Å². The van der Waals surface area contributed by atoms with Gasteiger partial charge in [0.25, 0.3) is 5.91 Å². The van der Waals surface area contributed by atoms with Crippen molar-refractivity contribution in [2.75, 3.05) is 19.8 Å². The van der Waals surface area contributed by atoms with Crippen LogP contribution in [-0.4, -0.2) is 30.7 Å². The fraction of sp³-hybridized carbons (Fsp3) is 0.400. The number of aromatic nitrogens is 1. The molecule has 7 nitrogen and oxygen atoms in total. The molecule has 0 aliphatic heterocycles. The van der Waals surface area contributed by atoms with Gasteiger partial charge in [-0.25, -0.2) is 0 Å². The van der Waals surface area contributed by atoms with Crippen molar-refractivity contribution in [2.24, 2.45) is 5.92 Å². The normalized spacial score (nSPS) is 10.5. The molecule has 2 N–H and O–H groups in total. The van der Waals surface area contributed by atoms with Crippen LogP contribution in [0.25, 0.3) is 0 Å². The largest absolute Gasteiger partial charge is 0.494 e. The zero-order chi connectivity index (χ0) is 19.6. The summed E-state index contributed by atoms with van der Waals surface area (Å²) >= 11 is 0. The van der Waals surface area contributed by atoms with Crippen LogP contribution in [0.1, 0.15) is 26.5 Å². The molecule has 0 aliphatic rings. The summed E-state index contributed by atoms with van der Waals surface area (Å²) in [6, 6.07) is 8.47. The Bertz CT molecular complexity index is 784. The number of nitrogens with one attached hydrogen (secondary N) is 2. The Labute approximate surface area is 158 Å². The van der Waals surface area contributed by atoms with Crippen molar-refractivity contribution in [1.29, 1.82) is 0 Å². The summed E-state index contributed by atoms with van der Waals surface area (Å²) in [6.45, 7) is 7.08. The molecule has 1 amide bonds. The predicted molar refractivity (Wildman–Crippen MR) is 102 cm³/mol. The van der Waals surface area contributed by atoms with Crippen LogP contribution in [-0.2, 0) is 11.3 Å². The molecule has 0 aliphatic carbocycles. The molecular formula is C20H26N2O5. The number of ether oxygens (including phenoxy) is 3. The van der Waals surface area contributed by atoms with Crippen LogP contribution in [0.4, 0.5) is 0 Å². The maximum absolute atomic E-state index is 12.0. The number of benzene rings is 1. The van der Waals surface area contributed by atoms with Gasteiger partial charge in [0.15, 0.2) is 12.4 Å². The molecule has 27 heavy (non-hydrogen) atoms. The van der Waals surface area contributed by atoms with Gasteiger partial charge in [-0.15, -0.1) is 0 Å². The first-order valence-electron chi connectivity index (χ1n) is 8.94. The number of H-pyrrole nitrogens is 1. The first kappa shape index (κ1) is 20.4. The maximum Gasteiger partial charge on any atom is 0.258 e. The number of aromatic amines is 1. The van der Waals surface area contributed by atoms with Gasteiger partial charge in [0.1, 0.15) is 11.5 Å². The van der Waals surface area contributed by atoms with Crippen LogP contribution in [0.5, 0.6) is 17.2 Å². The first-order chi connectivity index (χ1) is 13.0. The molecule has 2 rings (SSSR count). The number of rotatable bonds is 10. The van der Waals surface area contributed by atoms with Crippen molar-refractivity contribution < 1.29 is 19.0 Å². The summed E-state index contributed by atoms with van der Waals surface area (Å²) in [5.41, 5.74) is 0.371. The number of hydrogen-bond donors (Lipinski definition) is 2. The average Bonchev–Trinajstić information content (AvgIpc) is 2.65. The first-order valence-corrected chi connectivity index (χ1v) is 8.94. The second kappa shape index (κ2) is 10.3. The highest BCUT2D eigenvalue weighted by atomic mass is 16.5. The van der Waals surface area contributed by atoms with E-state index in [0.717, 1.165) is 5.75 Å². The predicted octanol–water partition coefficient (Wildman–Crippen LogP) is 2.50. The molecule has 0 atom stereocenters. The molecule has 0 unspecified atom stereocenters. The van der Waals surface area contributed by atoms with E-state index in [-0.39, 0.29) is 30.2 Å². The highest BCUT2D eigenvalue weighted by Gasteiger charge is 2.07. The van der Waals surface area contributed by atoms with Gasteiger partial charge in [-0.05, 0) is 37.1 Å². The van der Waals surface area contributed by atoms with E-state index in [9.17, 15) is 9.59 Å². The van der Waals surface area contributed by atoms with Crippen LogP contribution in [0, 0.1) is 5.92 Å². The number of hydrogen-bond acceptors (Lipinski definition) is 5. The van der Waals surface area contributed by atoms with Gasteiger partial charge in [0, 0.05) is 18.0 Å². The van der Waals surface area contributed by atoms with Crippen LogP contribution in [0.2, 0.25) is 0 Å². The summed E-state index contributed by atoms with van der Waals surface area (Å²) in [4.78, 5) is 26.9. The number of carbonyl (C=O) groups is 1. The molecule has 0 bridgehead atoms. The topological polar surface area (TPSA) is 89.7 Å². The minimum Gasteiger partial charge on any atom is -0.494 e. The Kier molecular flexibility index (Phi) is 7.73. The SMILES string of the molecule is CCOc1ccc(OCC(=O)NCc2cc(=O)c(OCC(C)C)c[nH]2)cc1. The Morgan fingerprint density at radius 1 is 1.11 bits per heavy atom. The highest BCUT2D eigenvalue weighted by molar-refractivity contribution is 5.77. The van der Waals surface area contributed by atoms with Crippen molar-refractivity contribution in [3.63, 3.8) is 0 Å². The summed E-state index contributed by atoms with van der Waals surface area (Å²) in [5, 5.41) is 2.70. The van der Waals surface area contributed by atoms with Crippen molar-refractivity contribution in [3.05, 3.63) is 52.4 Å². The molecule has 1 aromatic carbocycles. The molecule has 0 radical (unpaired) electrons. The second-order valence-electron chi connectivity index (χ2n) is 6.36. The molecule has 0 saturated heterocycles. The van der Waals surface area contributed by atoms with E-state index in [1.165, 1.54) is 12.3 Å². The Hall–Kier alpha value is -2.96. The third-order valence-electron chi connectivity index (χ3n) is 3.49. The molecule has 0 spiro atoms. The fourth-order valence-corrected chi connectivity index (χ4v) is 2.16. The fourth-order valence-electron chi connectivity index (χ4n) is 2.16. The lowest BCUT2D eigenvalue weighted by Crippen LogP contribution is -2.29. The van der Waals surface area contributed by atoms with Gasteiger partial charge in [-0.1, -0.05) is 13.8 Å². The summed E-state index contributed by atoms with van der Waals surface area (Å²) < 4.78 is 16.2. The van der Waals surface area contributed by atoms with E-state index in [1.807, 2.05) is 20.8 Å². The third-order valence-corrected chi connectivity index (χ3v) is 3.49. The van der Waals surface area contributed by atoms with E-state index >= 15 is 0 Å². The smallest absolute Gasteiger partial charge is 0.258 e. The summed E-state index contributed by atoms with van der Waals surface area (Å²) in [6.07, 6.45) is 1.52. The van der Waals surface area contributed by atoms with Crippen molar-refractivity contribution in [1.82, 2.24) is 10.3 Å². The van der Waals surface area contributed by atoms with Crippen LogP contribution < -0.4 is 25.0 Å². The molecule has 146 valence electrons. The second-order valence-corrected chi connectivity index (χ2v) is 6.36. The number of pyridine rings is 1. The van der Waals surface area contributed by atoms with Crippen molar-refractivity contribution in [2.45, 2.75) is 27.3 Å². The summed E-state index contributed by atoms with van der Waals surface area (Å²) in [7, 11) is 0.